The van der Waals surface area contributed by atoms with Gasteiger partial charge in [-0.05, 0) is 18.2 Å². The maximum Gasteiger partial charge on any atom is 0.206 e. The van der Waals surface area contributed by atoms with E-state index in [-0.39, 0.29) is 11.8 Å². The number of benzene rings is 2. The van der Waals surface area contributed by atoms with Gasteiger partial charge in [0.2, 0.25) is 11.8 Å². The lowest BCUT2D eigenvalue weighted by Crippen LogP contribution is -1.87. The third kappa shape index (κ3) is 2.63. The molecular weight excluding hydrogens is 298 g/mol. The van der Waals surface area contributed by atoms with Gasteiger partial charge in [0.25, 0.3) is 0 Å². The van der Waals surface area contributed by atoms with E-state index < -0.39 is 0 Å². The highest BCUT2D eigenvalue weighted by Crippen LogP contribution is 2.48. The summed E-state index contributed by atoms with van der Waals surface area (Å²) in [5.74, 6) is 0.486. The molecule has 0 spiro atoms. The van der Waals surface area contributed by atoms with Crippen LogP contribution in [-0.2, 0) is 0 Å². The normalized spacial score (nSPS) is 10.6. The van der Waals surface area contributed by atoms with E-state index >= 15 is 0 Å². The number of hydrogen-bond acceptors (Lipinski definition) is 4. The van der Waals surface area contributed by atoms with E-state index in [9.17, 15) is 10.2 Å². The highest BCUT2D eigenvalue weighted by molar-refractivity contribution is 7.99. The minimum absolute atomic E-state index is 0.0627. The van der Waals surface area contributed by atoms with Crippen molar-refractivity contribution >= 4 is 11.8 Å². The lowest BCUT2D eigenvalue weighted by Gasteiger charge is -2.09. The second-order valence-electron chi connectivity index (χ2n) is 4.64. The molecule has 1 heterocycles. The standard InChI is InChI=1S/C17H15NO3S/c1-21-13-10-6-5-9-12(13)14-15(17(20)18-16(14)19)22-11-7-3-2-4-8-11/h2-10,18-20H,1H3. The quantitative estimate of drug-likeness (QED) is 0.673. The van der Waals surface area contributed by atoms with Crippen LogP contribution in [0.4, 0.5) is 0 Å². The number of H-pyrrole nitrogens is 1. The molecule has 112 valence electrons. The molecule has 0 fully saturated rings. The molecule has 0 saturated heterocycles. The van der Waals surface area contributed by atoms with Crippen molar-refractivity contribution in [3.05, 3.63) is 54.6 Å². The van der Waals surface area contributed by atoms with Gasteiger partial charge in [-0.3, -0.25) is 4.98 Å². The van der Waals surface area contributed by atoms with E-state index in [1.807, 2.05) is 54.6 Å². The average molecular weight is 313 g/mol. The van der Waals surface area contributed by atoms with E-state index in [2.05, 4.69) is 4.98 Å². The molecule has 0 aliphatic heterocycles. The van der Waals surface area contributed by atoms with Crippen LogP contribution >= 0.6 is 11.8 Å². The van der Waals surface area contributed by atoms with Gasteiger partial charge in [0.1, 0.15) is 5.75 Å². The average Bonchev–Trinajstić information content (AvgIpc) is 2.82. The van der Waals surface area contributed by atoms with Gasteiger partial charge in [-0.2, -0.15) is 0 Å². The Morgan fingerprint density at radius 1 is 0.909 bits per heavy atom. The summed E-state index contributed by atoms with van der Waals surface area (Å²) in [5, 5.41) is 20.3. The van der Waals surface area contributed by atoms with Crippen molar-refractivity contribution in [3.8, 4) is 28.6 Å². The molecule has 3 N–H and O–H groups in total. The number of ether oxygens (including phenoxy) is 1. The highest BCUT2D eigenvalue weighted by atomic mass is 32.2. The molecule has 0 radical (unpaired) electrons. The van der Waals surface area contributed by atoms with Crippen molar-refractivity contribution in [2.75, 3.05) is 7.11 Å². The maximum atomic E-state index is 10.2. The zero-order valence-electron chi connectivity index (χ0n) is 11.9. The summed E-state index contributed by atoms with van der Waals surface area (Å²) >= 11 is 1.38. The number of aromatic nitrogens is 1. The summed E-state index contributed by atoms with van der Waals surface area (Å²) in [6, 6.07) is 17.0. The van der Waals surface area contributed by atoms with Gasteiger partial charge >= 0.3 is 0 Å². The number of aromatic amines is 1. The molecular formula is C17H15NO3S. The first-order valence-electron chi connectivity index (χ1n) is 6.71. The maximum absolute atomic E-state index is 10.2. The molecule has 0 bridgehead atoms. The first kappa shape index (κ1) is 14.4. The van der Waals surface area contributed by atoms with E-state index in [4.69, 9.17) is 4.74 Å². The summed E-state index contributed by atoms with van der Waals surface area (Å²) in [6.07, 6.45) is 0. The van der Waals surface area contributed by atoms with Crippen LogP contribution in [0.2, 0.25) is 0 Å². The summed E-state index contributed by atoms with van der Waals surface area (Å²) in [7, 11) is 1.58. The van der Waals surface area contributed by atoms with Crippen LogP contribution in [0.5, 0.6) is 17.5 Å². The molecule has 3 rings (SSSR count). The van der Waals surface area contributed by atoms with Crippen LogP contribution in [0.15, 0.2) is 64.4 Å². The van der Waals surface area contributed by atoms with E-state index in [1.165, 1.54) is 11.8 Å². The van der Waals surface area contributed by atoms with Gasteiger partial charge in [-0.1, -0.05) is 48.2 Å². The Hall–Kier alpha value is -2.53. The molecule has 0 atom stereocenters. The van der Waals surface area contributed by atoms with Gasteiger partial charge in [0.05, 0.1) is 17.6 Å². The molecule has 3 aromatic rings. The number of nitrogens with one attached hydrogen (secondary N) is 1. The number of hydrogen-bond donors (Lipinski definition) is 3. The fraction of sp³-hybridized carbons (Fsp3) is 0.0588. The third-order valence-electron chi connectivity index (χ3n) is 3.26. The SMILES string of the molecule is COc1ccccc1-c1c(O)[nH]c(O)c1Sc1ccccc1. The van der Waals surface area contributed by atoms with Gasteiger partial charge in [-0.25, -0.2) is 0 Å². The lowest BCUT2D eigenvalue weighted by atomic mass is 10.1. The zero-order chi connectivity index (χ0) is 15.5. The lowest BCUT2D eigenvalue weighted by molar-refractivity contribution is 0.414. The van der Waals surface area contributed by atoms with E-state index in [1.54, 1.807) is 7.11 Å². The Morgan fingerprint density at radius 3 is 2.32 bits per heavy atom. The van der Waals surface area contributed by atoms with Crippen molar-refractivity contribution < 1.29 is 14.9 Å². The summed E-state index contributed by atoms with van der Waals surface area (Å²) < 4.78 is 5.35. The molecule has 0 aliphatic rings. The van der Waals surface area contributed by atoms with E-state index in [0.29, 0.717) is 16.2 Å². The molecule has 2 aromatic carbocycles. The molecule has 0 amide bonds. The van der Waals surface area contributed by atoms with Crippen LogP contribution in [0.1, 0.15) is 0 Å². The molecule has 0 saturated carbocycles. The third-order valence-corrected chi connectivity index (χ3v) is 4.36. The number of para-hydroxylation sites is 1. The number of methoxy groups -OCH3 is 1. The highest BCUT2D eigenvalue weighted by Gasteiger charge is 2.22. The Bertz CT molecular complexity index is 784. The van der Waals surface area contributed by atoms with Gasteiger partial charge in [-0.15, -0.1) is 0 Å². The summed E-state index contributed by atoms with van der Waals surface area (Å²) in [4.78, 5) is 4.11. The van der Waals surface area contributed by atoms with Crippen molar-refractivity contribution in [1.82, 2.24) is 4.98 Å². The second kappa shape index (κ2) is 6.07. The zero-order valence-corrected chi connectivity index (χ0v) is 12.7. The predicted molar refractivity (Wildman–Crippen MR) is 86.7 cm³/mol. The van der Waals surface area contributed by atoms with Crippen molar-refractivity contribution in [2.24, 2.45) is 0 Å². The molecule has 1 aromatic heterocycles. The molecule has 0 aliphatic carbocycles. The van der Waals surface area contributed by atoms with Crippen molar-refractivity contribution in [3.63, 3.8) is 0 Å². The second-order valence-corrected chi connectivity index (χ2v) is 5.73. The van der Waals surface area contributed by atoms with Crippen LogP contribution in [0, 0.1) is 0 Å². The fourth-order valence-corrected chi connectivity index (χ4v) is 3.25. The first-order chi connectivity index (χ1) is 10.7. The number of aromatic hydroxyl groups is 2. The van der Waals surface area contributed by atoms with Crippen LogP contribution in [0.25, 0.3) is 11.1 Å². The summed E-state index contributed by atoms with van der Waals surface area (Å²) in [6.45, 7) is 0. The number of rotatable bonds is 4. The molecule has 0 unspecified atom stereocenters. The Morgan fingerprint density at radius 2 is 1.59 bits per heavy atom. The minimum atomic E-state index is -0.0829. The van der Waals surface area contributed by atoms with Crippen LogP contribution in [-0.4, -0.2) is 22.3 Å². The summed E-state index contributed by atoms with van der Waals surface area (Å²) in [5.41, 5.74) is 1.25. The van der Waals surface area contributed by atoms with Gasteiger partial charge < -0.3 is 14.9 Å². The first-order valence-corrected chi connectivity index (χ1v) is 7.52. The topological polar surface area (TPSA) is 65.5 Å². The van der Waals surface area contributed by atoms with Gasteiger partial charge in [0, 0.05) is 10.5 Å². The largest absolute Gasteiger partial charge is 0.496 e. The smallest absolute Gasteiger partial charge is 0.206 e. The Labute approximate surface area is 132 Å². The van der Waals surface area contributed by atoms with Gasteiger partial charge in [0.15, 0.2) is 0 Å². The molecule has 5 heteroatoms. The minimum Gasteiger partial charge on any atom is -0.496 e. The van der Waals surface area contributed by atoms with Crippen molar-refractivity contribution in [2.45, 2.75) is 9.79 Å². The van der Waals surface area contributed by atoms with E-state index in [0.717, 1.165) is 10.5 Å². The molecule has 22 heavy (non-hydrogen) atoms. The van der Waals surface area contributed by atoms with Crippen LogP contribution < -0.4 is 4.74 Å². The van der Waals surface area contributed by atoms with Crippen LogP contribution in [0.3, 0.4) is 0 Å². The Kier molecular flexibility index (Phi) is 3.98. The van der Waals surface area contributed by atoms with Crippen molar-refractivity contribution in [1.29, 1.82) is 0 Å². The molecule has 4 nitrogen and oxygen atoms in total. The Balaban J connectivity index is 2.12. The predicted octanol–water partition coefficient (Wildman–Crippen LogP) is 4.25. The monoisotopic (exact) mass is 313 g/mol. The fourth-order valence-electron chi connectivity index (χ4n) is 2.26.